The average molecular weight is 202 g/mol. The zero-order chi connectivity index (χ0) is 10.7. The fourth-order valence-corrected chi connectivity index (χ4v) is 1.01. The van der Waals surface area contributed by atoms with Crippen LogP contribution in [0.25, 0.3) is 0 Å². The van der Waals surface area contributed by atoms with Crippen molar-refractivity contribution < 1.29 is 13.7 Å². The van der Waals surface area contributed by atoms with Crippen molar-refractivity contribution in [3.8, 4) is 0 Å². The number of nitrogens with zero attached hydrogens (tertiary/aromatic N) is 1. The molecular weight excluding hydrogens is 194 g/mol. The Kier molecular flexibility index (Phi) is 3.08. The third-order valence-corrected chi connectivity index (χ3v) is 1.74. The van der Waals surface area contributed by atoms with E-state index in [-0.39, 0.29) is 12.1 Å². The van der Waals surface area contributed by atoms with E-state index in [1.807, 2.05) is 0 Å². The van der Waals surface area contributed by atoms with Gasteiger partial charge in [-0.25, -0.2) is 8.78 Å². The Morgan fingerprint density at radius 1 is 1.57 bits per heavy atom. The van der Waals surface area contributed by atoms with Crippen LogP contribution < -0.4 is 5.73 Å². The van der Waals surface area contributed by atoms with E-state index in [4.69, 9.17) is 5.73 Å². The number of alkyl halides is 1. The summed E-state index contributed by atoms with van der Waals surface area (Å²) in [7, 11) is 0. The van der Waals surface area contributed by atoms with Crippen molar-refractivity contribution in [1.29, 1.82) is 0 Å². The van der Waals surface area contributed by atoms with Crippen LogP contribution in [-0.4, -0.2) is 11.5 Å². The first-order valence-corrected chi connectivity index (χ1v) is 3.84. The predicted octanol–water partition coefficient (Wildman–Crippen LogP) is 1.70. The van der Waals surface area contributed by atoms with Gasteiger partial charge in [-0.15, -0.1) is 0 Å². The van der Waals surface area contributed by atoms with E-state index in [0.29, 0.717) is 6.07 Å². The molecule has 0 fully saturated rings. The van der Waals surface area contributed by atoms with Gasteiger partial charge >= 0.3 is 0 Å². The predicted molar refractivity (Wildman–Crippen MR) is 46.0 cm³/mol. The summed E-state index contributed by atoms with van der Waals surface area (Å²) in [5.41, 5.74) is 4.34. The van der Waals surface area contributed by atoms with Crippen molar-refractivity contribution in [2.75, 3.05) is 6.54 Å². The van der Waals surface area contributed by atoms with E-state index in [0.717, 1.165) is 12.1 Å². The van der Waals surface area contributed by atoms with E-state index in [1.54, 1.807) is 0 Å². The highest BCUT2D eigenvalue weighted by atomic mass is 19.1. The molecule has 0 saturated carbocycles. The molecule has 0 aromatic heterocycles. The fourth-order valence-electron chi connectivity index (χ4n) is 1.01. The maximum absolute atomic E-state index is 13.0. The molecule has 2 N–H and O–H groups in total. The highest BCUT2D eigenvalue weighted by Gasteiger charge is 2.16. The van der Waals surface area contributed by atoms with Crippen molar-refractivity contribution in [1.82, 2.24) is 0 Å². The van der Waals surface area contributed by atoms with E-state index in [2.05, 4.69) is 0 Å². The minimum atomic E-state index is -1.63. The highest BCUT2D eigenvalue weighted by Crippen LogP contribution is 2.23. The summed E-state index contributed by atoms with van der Waals surface area (Å²) < 4.78 is 26.0. The van der Waals surface area contributed by atoms with Gasteiger partial charge in [-0.1, -0.05) is 0 Å². The second-order valence-corrected chi connectivity index (χ2v) is 2.67. The fraction of sp³-hybridized carbons (Fsp3) is 0.250. The number of hydrogen-bond acceptors (Lipinski definition) is 3. The van der Waals surface area contributed by atoms with Gasteiger partial charge in [0.15, 0.2) is 0 Å². The summed E-state index contributed by atoms with van der Waals surface area (Å²) in [6.07, 6.45) is -1.63. The molecule has 6 heteroatoms. The second-order valence-electron chi connectivity index (χ2n) is 2.67. The second kappa shape index (κ2) is 4.10. The largest absolute Gasteiger partial charge is 0.327 e. The monoisotopic (exact) mass is 202 g/mol. The lowest BCUT2D eigenvalue weighted by Gasteiger charge is -2.05. The number of nitro groups is 1. The maximum Gasteiger partial charge on any atom is 0.272 e. The normalized spacial score (nSPS) is 12.5. The summed E-state index contributed by atoms with van der Waals surface area (Å²) in [4.78, 5) is 9.48. The molecule has 1 aromatic rings. The lowest BCUT2D eigenvalue weighted by molar-refractivity contribution is -0.385. The minimum absolute atomic E-state index is 0.252. The molecule has 0 aliphatic heterocycles. The van der Waals surface area contributed by atoms with Crippen LogP contribution in [0.15, 0.2) is 18.2 Å². The lowest BCUT2D eigenvalue weighted by Crippen LogP contribution is -2.09. The van der Waals surface area contributed by atoms with E-state index in [1.165, 1.54) is 0 Å². The van der Waals surface area contributed by atoms with Crippen molar-refractivity contribution in [3.05, 3.63) is 39.7 Å². The van der Waals surface area contributed by atoms with Gasteiger partial charge in [0, 0.05) is 18.2 Å². The third kappa shape index (κ3) is 2.02. The molecule has 0 spiro atoms. The van der Waals surface area contributed by atoms with Crippen LogP contribution in [0.5, 0.6) is 0 Å². The van der Waals surface area contributed by atoms with Crippen molar-refractivity contribution in [3.63, 3.8) is 0 Å². The molecule has 0 saturated heterocycles. The average Bonchev–Trinajstić information content (AvgIpc) is 2.16. The maximum atomic E-state index is 13.0. The topological polar surface area (TPSA) is 69.2 Å². The smallest absolute Gasteiger partial charge is 0.272 e. The molecule has 0 amide bonds. The first kappa shape index (κ1) is 10.5. The van der Waals surface area contributed by atoms with E-state index < -0.39 is 22.6 Å². The molecular formula is C8H8F2N2O2. The quantitative estimate of drug-likeness (QED) is 0.599. The van der Waals surface area contributed by atoms with Crippen LogP contribution in [0.3, 0.4) is 0 Å². The van der Waals surface area contributed by atoms with Crippen LogP contribution in [0.4, 0.5) is 14.5 Å². The number of hydrogen-bond donors (Lipinski definition) is 1. The Balaban J connectivity index is 3.07. The van der Waals surface area contributed by atoms with Crippen LogP contribution in [0.1, 0.15) is 11.7 Å². The molecule has 1 rings (SSSR count). The summed E-state index contributed by atoms with van der Waals surface area (Å²) in [6, 6.07) is 2.75. The zero-order valence-corrected chi connectivity index (χ0v) is 7.11. The Labute approximate surface area is 78.5 Å². The van der Waals surface area contributed by atoms with E-state index >= 15 is 0 Å². The number of nitro benzene ring substituents is 1. The van der Waals surface area contributed by atoms with Crippen LogP contribution in [-0.2, 0) is 0 Å². The number of benzene rings is 1. The van der Waals surface area contributed by atoms with Crippen molar-refractivity contribution in [2.45, 2.75) is 6.17 Å². The standard InChI is InChI=1S/C8H8F2N2O2/c9-7-3-5(12(13)14)1-2-6(7)8(10)4-11/h1-3,8H,4,11H2. The molecule has 1 unspecified atom stereocenters. The zero-order valence-electron chi connectivity index (χ0n) is 7.11. The van der Waals surface area contributed by atoms with Gasteiger partial charge in [-0.3, -0.25) is 10.1 Å². The van der Waals surface area contributed by atoms with Crippen molar-refractivity contribution >= 4 is 5.69 Å². The Hall–Kier alpha value is -1.56. The van der Waals surface area contributed by atoms with Crippen LogP contribution in [0.2, 0.25) is 0 Å². The highest BCUT2D eigenvalue weighted by molar-refractivity contribution is 5.35. The molecule has 76 valence electrons. The summed E-state index contributed by atoms with van der Waals surface area (Å²) in [6.45, 7) is -0.352. The number of rotatable bonds is 3. The molecule has 14 heavy (non-hydrogen) atoms. The van der Waals surface area contributed by atoms with Gasteiger partial charge in [-0.05, 0) is 6.07 Å². The molecule has 4 nitrogen and oxygen atoms in total. The lowest BCUT2D eigenvalue weighted by atomic mass is 10.1. The van der Waals surface area contributed by atoms with Crippen LogP contribution in [0, 0.1) is 15.9 Å². The Bertz CT molecular complexity index is 357. The molecule has 0 aliphatic carbocycles. The number of halogens is 2. The molecule has 0 radical (unpaired) electrons. The molecule has 0 heterocycles. The Morgan fingerprint density at radius 2 is 2.21 bits per heavy atom. The first-order valence-electron chi connectivity index (χ1n) is 3.84. The third-order valence-electron chi connectivity index (χ3n) is 1.74. The van der Waals surface area contributed by atoms with Crippen LogP contribution >= 0.6 is 0 Å². The van der Waals surface area contributed by atoms with E-state index in [9.17, 15) is 18.9 Å². The van der Waals surface area contributed by atoms with Gasteiger partial charge in [0.25, 0.3) is 5.69 Å². The Morgan fingerprint density at radius 3 is 2.64 bits per heavy atom. The van der Waals surface area contributed by atoms with Gasteiger partial charge in [0.05, 0.1) is 11.0 Å². The summed E-state index contributed by atoms with van der Waals surface area (Å²) >= 11 is 0. The van der Waals surface area contributed by atoms with Gasteiger partial charge < -0.3 is 5.73 Å². The van der Waals surface area contributed by atoms with Crippen molar-refractivity contribution in [2.24, 2.45) is 5.73 Å². The number of nitrogens with two attached hydrogens (primary N) is 1. The minimum Gasteiger partial charge on any atom is -0.327 e. The summed E-state index contributed by atoms with van der Waals surface area (Å²) in [5, 5.41) is 10.2. The molecule has 1 atom stereocenters. The summed E-state index contributed by atoms with van der Waals surface area (Å²) in [5.74, 6) is -0.947. The molecule has 1 aromatic carbocycles. The molecule has 0 bridgehead atoms. The van der Waals surface area contributed by atoms with Gasteiger partial charge in [0.1, 0.15) is 12.0 Å². The number of non-ortho nitro benzene ring substituents is 1. The van der Waals surface area contributed by atoms with Gasteiger partial charge in [0.2, 0.25) is 0 Å². The van der Waals surface area contributed by atoms with Gasteiger partial charge in [-0.2, -0.15) is 0 Å². The molecule has 0 aliphatic rings. The SMILES string of the molecule is NCC(F)c1ccc([N+](=O)[O-])cc1F. The first-order chi connectivity index (χ1) is 6.56.